The van der Waals surface area contributed by atoms with Gasteiger partial charge in [-0.05, 0) is 23.1 Å². The molecule has 47 heavy (non-hydrogen) atoms. The molecular formula is C31H34F3N3O8S2. The fourth-order valence-corrected chi connectivity index (χ4v) is 7.47. The number of rotatable bonds is 8. The molecule has 0 saturated carbocycles. The monoisotopic (exact) mass is 697 g/mol. The quantitative estimate of drug-likeness (QED) is 0.373. The van der Waals surface area contributed by atoms with Gasteiger partial charge < -0.3 is 25.2 Å². The topological polar surface area (TPSA) is 154 Å². The Kier molecular flexibility index (Phi) is 12.7. The number of carboxylic acid groups (broad SMARTS) is 2. The van der Waals surface area contributed by atoms with Crippen molar-refractivity contribution in [2.75, 3.05) is 44.4 Å². The second-order valence-electron chi connectivity index (χ2n) is 11.0. The SMILES string of the molecule is O=C(CN1CCSCC1)S[C@@H](Cc1ccccc1)C(=O)N[C@H]1Cc2ccccc2[C@H]2COC[C@@H](C(=O)O)N2C1=O.O=C(O)C(F)(F)F. The van der Waals surface area contributed by atoms with Crippen molar-refractivity contribution in [3.8, 4) is 0 Å². The van der Waals surface area contributed by atoms with Crippen LogP contribution >= 0.6 is 23.5 Å². The van der Waals surface area contributed by atoms with E-state index in [0.717, 1.165) is 53.0 Å². The molecule has 2 aromatic rings. The molecule has 3 heterocycles. The number of carbonyl (C=O) groups is 5. The molecule has 0 aliphatic carbocycles. The van der Waals surface area contributed by atoms with E-state index < -0.39 is 53.3 Å². The fourth-order valence-electron chi connectivity index (χ4n) is 5.47. The second kappa shape index (κ2) is 16.5. The number of hydrogen-bond acceptors (Lipinski definition) is 9. The number of carbonyl (C=O) groups excluding carboxylic acids is 3. The lowest BCUT2D eigenvalue weighted by Crippen LogP contribution is -2.59. The molecule has 0 aromatic heterocycles. The summed E-state index contributed by atoms with van der Waals surface area (Å²) in [5.74, 6) is -2.81. The Balaban J connectivity index is 0.000000644. The average molecular weight is 698 g/mol. The van der Waals surface area contributed by atoms with Crippen LogP contribution in [0.2, 0.25) is 0 Å². The molecule has 3 aliphatic rings. The highest BCUT2D eigenvalue weighted by molar-refractivity contribution is 8.14. The van der Waals surface area contributed by atoms with Crippen molar-refractivity contribution in [1.82, 2.24) is 15.1 Å². The fraction of sp³-hybridized carbons (Fsp3) is 0.452. The molecule has 3 aliphatic heterocycles. The van der Waals surface area contributed by atoms with Crippen LogP contribution in [0.4, 0.5) is 13.2 Å². The Morgan fingerprint density at radius 1 is 1.00 bits per heavy atom. The third-order valence-electron chi connectivity index (χ3n) is 7.74. The first-order chi connectivity index (χ1) is 22.3. The average Bonchev–Trinajstić information content (AvgIpc) is 3.15. The first kappa shape index (κ1) is 36.2. The van der Waals surface area contributed by atoms with Crippen molar-refractivity contribution in [3.05, 3.63) is 71.3 Å². The number of halogens is 3. The summed E-state index contributed by atoms with van der Waals surface area (Å²) in [4.78, 5) is 65.2. The summed E-state index contributed by atoms with van der Waals surface area (Å²) >= 11 is 2.88. The minimum Gasteiger partial charge on any atom is -0.480 e. The first-order valence-electron chi connectivity index (χ1n) is 14.7. The molecule has 3 N–H and O–H groups in total. The molecule has 2 saturated heterocycles. The lowest BCUT2D eigenvalue weighted by atomic mass is 9.97. The van der Waals surface area contributed by atoms with E-state index in [9.17, 15) is 37.5 Å². The molecule has 0 spiro atoms. The zero-order valence-corrected chi connectivity index (χ0v) is 26.7. The largest absolute Gasteiger partial charge is 0.490 e. The van der Waals surface area contributed by atoms with E-state index in [2.05, 4.69) is 10.2 Å². The van der Waals surface area contributed by atoms with Gasteiger partial charge in [0.1, 0.15) is 6.04 Å². The Bertz CT molecular complexity index is 1440. The Labute approximate surface area is 277 Å². The zero-order valence-electron chi connectivity index (χ0n) is 25.1. The van der Waals surface area contributed by atoms with Crippen molar-refractivity contribution >= 4 is 52.4 Å². The number of morpholine rings is 1. The van der Waals surface area contributed by atoms with Crippen LogP contribution in [0.5, 0.6) is 0 Å². The van der Waals surface area contributed by atoms with Crippen LogP contribution in [0.3, 0.4) is 0 Å². The van der Waals surface area contributed by atoms with Gasteiger partial charge in [-0.3, -0.25) is 19.3 Å². The van der Waals surface area contributed by atoms with Crippen LogP contribution in [-0.4, -0.2) is 117 Å². The summed E-state index contributed by atoms with van der Waals surface area (Å²) < 4.78 is 37.3. The Morgan fingerprint density at radius 3 is 2.28 bits per heavy atom. The normalized spacial score (nSPS) is 22.0. The number of fused-ring (bicyclic) bond motifs is 3. The van der Waals surface area contributed by atoms with Crippen LogP contribution in [-0.2, 0) is 41.6 Å². The number of aliphatic carboxylic acids is 2. The molecule has 0 radical (unpaired) electrons. The Morgan fingerprint density at radius 2 is 1.64 bits per heavy atom. The molecule has 16 heteroatoms. The number of nitrogens with one attached hydrogen (secondary N) is 1. The molecular weight excluding hydrogens is 663 g/mol. The predicted molar refractivity (Wildman–Crippen MR) is 168 cm³/mol. The van der Waals surface area contributed by atoms with Gasteiger partial charge >= 0.3 is 18.1 Å². The number of nitrogens with zero attached hydrogens (tertiary/aromatic N) is 2. The van der Waals surface area contributed by atoms with E-state index in [4.69, 9.17) is 14.6 Å². The van der Waals surface area contributed by atoms with Gasteiger partial charge in [-0.2, -0.15) is 24.9 Å². The summed E-state index contributed by atoms with van der Waals surface area (Å²) in [6.45, 7) is 2.02. The summed E-state index contributed by atoms with van der Waals surface area (Å²) in [6.07, 6.45) is -4.53. The van der Waals surface area contributed by atoms with E-state index in [1.165, 1.54) is 4.90 Å². The molecule has 254 valence electrons. The second-order valence-corrected chi connectivity index (χ2v) is 13.5. The predicted octanol–water partition coefficient (Wildman–Crippen LogP) is 2.63. The smallest absolute Gasteiger partial charge is 0.480 e. The van der Waals surface area contributed by atoms with E-state index >= 15 is 0 Å². The maximum atomic E-state index is 13.9. The maximum absolute atomic E-state index is 13.9. The van der Waals surface area contributed by atoms with E-state index in [1.807, 2.05) is 66.4 Å². The van der Waals surface area contributed by atoms with Gasteiger partial charge in [-0.1, -0.05) is 66.4 Å². The first-order valence-corrected chi connectivity index (χ1v) is 16.7. The van der Waals surface area contributed by atoms with Crippen molar-refractivity contribution < 1.29 is 52.1 Å². The summed E-state index contributed by atoms with van der Waals surface area (Å²) in [5.41, 5.74) is 2.59. The number of ether oxygens (including phenoxy) is 1. The molecule has 0 bridgehead atoms. The Hall–Kier alpha value is -3.60. The number of hydrogen-bond donors (Lipinski definition) is 3. The molecule has 4 atom stereocenters. The maximum Gasteiger partial charge on any atom is 0.490 e. The molecule has 2 amide bonds. The van der Waals surface area contributed by atoms with Gasteiger partial charge in [0.05, 0.1) is 31.1 Å². The lowest BCUT2D eigenvalue weighted by molar-refractivity contribution is -0.192. The van der Waals surface area contributed by atoms with Crippen molar-refractivity contribution in [2.45, 2.75) is 42.4 Å². The van der Waals surface area contributed by atoms with Gasteiger partial charge in [0, 0.05) is 31.0 Å². The third kappa shape index (κ3) is 9.95. The summed E-state index contributed by atoms with van der Waals surface area (Å²) in [6, 6.07) is 14.3. The highest BCUT2D eigenvalue weighted by Crippen LogP contribution is 2.34. The number of benzene rings is 2. The number of amides is 2. The molecule has 5 rings (SSSR count). The van der Waals surface area contributed by atoms with Gasteiger partial charge in [0.25, 0.3) is 0 Å². The van der Waals surface area contributed by atoms with E-state index in [1.54, 1.807) is 0 Å². The summed E-state index contributed by atoms with van der Waals surface area (Å²) in [7, 11) is 0. The third-order valence-corrected chi connectivity index (χ3v) is 9.74. The van der Waals surface area contributed by atoms with Crippen LogP contribution in [0, 0.1) is 0 Å². The van der Waals surface area contributed by atoms with Crippen molar-refractivity contribution in [1.29, 1.82) is 0 Å². The number of thioether (sulfide) groups is 2. The van der Waals surface area contributed by atoms with Crippen LogP contribution < -0.4 is 5.32 Å². The van der Waals surface area contributed by atoms with Gasteiger partial charge in [0.2, 0.25) is 16.9 Å². The lowest BCUT2D eigenvalue weighted by Gasteiger charge is -2.40. The van der Waals surface area contributed by atoms with Crippen LogP contribution in [0.25, 0.3) is 0 Å². The highest BCUT2D eigenvalue weighted by Gasteiger charge is 2.45. The molecule has 2 fully saturated rings. The molecule has 11 nitrogen and oxygen atoms in total. The van der Waals surface area contributed by atoms with Crippen molar-refractivity contribution in [3.63, 3.8) is 0 Å². The highest BCUT2D eigenvalue weighted by atomic mass is 32.2. The molecule has 2 aromatic carbocycles. The standard InChI is InChI=1S/C29H33N3O6S2.C2HF3O2/c33-26(16-31-10-12-39-13-11-31)40-25(14-19-6-2-1-3-7-19)27(34)30-22-15-20-8-4-5-9-21(20)23-17-38-18-24(29(36)37)32(23)28(22)35;3-2(4,5)1(6)7/h1-9,22-25H,10-18H2,(H,30,34)(H,36,37);(H,6,7)/t22-,23+,24-,25-;/m0./s1. The van der Waals surface area contributed by atoms with Gasteiger partial charge in [0.15, 0.2) is 6.04 Å². The van der Waals surface area contributed by atoms with Gasteiger partial charge in [-0.15, -0.1) is 0 Å². The number of alkyl halides is 3. The van der Waals surface area contributed by atoms with Gasteiger partial charge in [-0.25, -0.2) is 9.59 Å². The van der Waals surface area contributed by atoms with E-state index in [0.29, 0.717) is 6.42 Å². The van der Waals surface area contributed by atoms with Crippen LogP contribution in [0.1, 0.15) is 22.7 Å². The van der Waals surface area contributed by atoms with Crippen LogP contribution in [0.15, 0.2) is 54.6 Å². The number of carboxylic acids is 2. The van der Waals surface area contributed by atoms with E-state index in [-0.39, 0.29) is 31.3 Å². The minimum absolute atomic E-state index is 0.0836. The van der Waals surface area contributed by atoms with Crippen molar-refractivity contribution in [2.24, 2.45) is 0 Å². The summed E-state index contributed by atoms with van der Waals surface area (Å²) in [5, 5.41) is 19.1. The molecule has 0 unspecified atom stereocenters. The minimum atomic E-state index is -5.08. The zero-order chi connectivity index (χ0) is 34.1.